The average molecular weight is 403 g/mol. The summed E-state index contributed by atoms with van der Waals surface area (Å²) in [7, 11) is 0. The van der Waals surface area contributed by atoms with Crippen molar-refractivity contribution in [2.45, 2.75) is 71.6 Å². The summed E-state index contributed by atoms with van der Waals surface area (Å²) in [5, 5.41) is 0. The van der Waals surface area contributed by atoms with Crippen LogP contribution in [0.5, 0.6) is 0 Å². The molecule has 160 valence electrons. The van der Waals surface area contributed by atoms with Crippen molar-refractivity contribution in [3.8, 4) is 0 Å². The standard InChI is InChI=1S/C29H36.H2O/c1-23-17-20-26(21-18-23)12-8-9-15-28(29-16-10-7-11-25(29)3)22-19-24(2)27-13-5-4-6-14-27;/h4-6,13-14,17-18,20-22H,2,7-12,15-16,19H2,1,3H3;1H2/b28-22+;. The van der Waals surface area contributed by atoms with Crippen molar-refractivity contribution < 1.29 is 5.48 Å². The van der Waals surface area contributed by atoms with Crippen LogP contribution in [-0.4, -0.2) is 5.48 Å². The Hall–Kier alpha value is -2.38. The van der Waals surface area contributed by atoms with E-state index in [-0.39, 0.29) is 5.48 Å². The van der Waals surface area contributed by atoms with E-state index in [1.54, 1.807) is 16.7 Å². The fraction of sp³-hybridized carbons (Fsp3) is 0.379. The topological polar surface area (TPSA) is 31.5 Å². The zero-order chi connectivity index (χ0) is 20.5. The van der Waals surface area contributed by atoms with Gasteiger partial charge in [-0.2, -0.15) is 0 Å². The first-order valence-electron chi connectivity index (χ1n) is 11.3. The molecule has 0 aliphatic heterocycles. The van der Waals surface area contributed by atoms with E-state index in [2.05, 4.69) is 81.1 Å². The summed E-state index contributed by atoms with van der Waals surface area (Å²) in [4.78, 5) is 0. The minimum absolute atomic E-state index is 0. The Morgan fingerprint density at radius 3 is 2.30 bits per heavy atom. The fourth-order valence-electron chi connectivity index (χ4n) is 4.30. The zero-order valence-corrected chi connectivity index (χ0v) is 18.8. The van der Waals surface area contributed by atoms with Crippen molar-refractivity contribution in [2.75, 3.05) is 0 Å². The second-order valence-electron chi connectivity index (χ2n) is 8.56. The fourth-order valence-corrected chi connectivity index (χ4v) is 4.30. The maximum Gasteiger partial charge on any atom is -0.00915 e. The lowest BCUT2D eigenvalue weighted by Crippen LogP contribution is -2.02. The maximum atomic E-state index is 4.34. The SMILES string of the molecule is C=C(C/C=C(\CCCCc1ccc(C)cc1)C1=C(C)CCCC1)c1ccccc1.O. The predicted octanol–water partition coefficient (Wildman–Crippen LogP) is 7.80. The highest BCUT2D eigenvalue weighted by molar-refractivity contribution is 5.64. The largest absolute Gasteiger partial charge is 0.412 e. The van der Waals surface area contributed by atoms with Gasteiger partial charge < -0.3 is 5.48 Å². The molecule has 3 rings (SSSR count). The second-order valence-corrected chi connectivity index (χ2v) is 8.56. The van der Waals surface area contributed by atoms with Gasteiger partial charge in [-0.3, -0.25) is 0 Å². The van der Waals surface area contributed by atoms with E-state index in [4.69, 9.17) is 0 Å². The molecule has 0 saturated heterocycles. The summed E-state index contributed by atoms with van der Waals surface area (Å²) in [5.41, 5.74) is 10.1. The first kappa shape index (κ1) is 23.9. The highest BCUT2D eigenvalue weighted by Gasteiger charge is 2.13. The minimum Gasteiger partial charge on any atom is -0.412 e. The highest BCUT2D eigenvalue weighted by Crippen LogP contribution is 2.33. The molecule has 0 radical (unpaired) electrons. The Kier molecular flexibility index (Phi) is 9.83. The van der Waals surface area contributed by atoms with Crippen LogP contribution >= 0.6 is 0 Å². The summed E-state index contributed by atoms with van der Waals surface area (Å²) >= 11 is 0. The Morgan fingerprint density at radius 1 is 0.900 bits per heavy atom. The highest BCUT2D eigenvalue weighted by atomic mass is 16.0. The van der Waals surface area contributed by atoms with Gasteiger partial charge in [-0.15, -0.1) is 0 Å². The van der Waals surface area contributed by atoms with Gasteiger partial charge in [0.1, 0.15) is 0 Å². The van der Waals surface area contributed by atoms with Gasteiger partial charge in [0.05, 0.1) is 0 Å². The zero-order valence-electron chi connectivity index (χ0n) is 18.8. The van der Waals surface area contributed by atoms with Gasteiger partial charge in [0, 0.05) is 0 Å². The van der Waals surface area contributed by atoms with Crippen molar-refractivity contribution in [1.29, 1.82) is 0 Å². The molecule has 1 heteroatoms. The lowest BCUT2D eigenvalue weighted by molar-refractivity contribution is 0.659. The molecule has 2 aromatic rings. The van der Waals surface area contributed by atoms with Crippen LogP contribution in [0.15, 0.2) is 84.0 Å². The third-order valence-corrected chi connectivity index (χ3v) is 6.19. The van der Waals surface area contributed by atoms with E-state index in [1.165, 1.54) is 73.6 Å². The number of allylic oxidation sites excluding steroid dienone is 5. The number of aryl methyl sites for hydroxylation is 2. The molecule has 0 atom stereocenters. The molecule has 0 amide bonds. The average Bonchev–Trinajstić information content (AvgIpc) is 2.75. The molecule has 0 spiro atoms. The lowest BCUT2D eigenvalue weighted by Gasteiger charge is -2.21. The van der Waals surface area contributed by atoms with Gasteiger partial charge in [0.2, 0.25) is 0 Å². The minimum atomic E-state index is 0. The number of hydrogen-bond donors (Lipinski definition) is 0. The van der Waals surface area contributed by atoms with Gasteiger partial charge in [0.25, 0.3) is 0 Å². The van der Waals surface area contributed by atoms with E-state index in [0.717, 1.165) is 6.42 Å². The van der Waals surface area contributed by atoms with E-state index in [0.29, 0.717) is 0 Å². The Balaban J connectivity index is 0.00000320. The molecule has 0 aromatic heterocycles. The molecule has 0 fully saturated rings. The normalized spacial score (nSPS) is 14.4. The van der Waals surface area contributed by atoms with Gasteiger partial charge in [-0.25, -0.2) is 0 Å². The number of hydrogen-bond acceptors (Lipinski definition) is 0. The van der Waals surface area contributed by atoms with Crippen LogP contribution in [0, 0.1) is 6.92 Å². The van der Waals surface area contributed by atoms with Crippen LogP contribution in [0.25, 0.3) is 5.57 Å². The molecular formula is C29H38O. The summed E-state index contributed by atoms with van der Waals surface area (Å²) < 4.78 is 0. The van der Waals surface area contributed by atoms with Crippen molar-refractivity contribution in [1.82, 2.24) is 0 Å². The quantitative estimate of drug-likeness (QED) is 0.383. The first-order valence-corrected chi connectivity index (χ1v) is 11.3. The van der Waals surface area contributed by atoms with E-state index in [1.807, 2.05) is 0 Å². The monoisotopic (exact) mass is 402 g/mol. The number of unbranched alkanes of at least 4 members (excludes halogenated alkanes) is 1. The predicted molar refractivity (Wildman–Crippen MR) is 132 cm³/mol. The van der Waals surface area contributed by atoms with Crippen LogP contribution < -0.4 is 0 Å². The van der Waals surface area contributed by atoms with Crippen LogP contribution in [0.4, 0.5) is 0 Å². The molecule has 1 aliphatic carbocycles. The van der Waals surface area contributed by atoms with Gasteiger partial charge in [-0.1, -0.05) is 78.4 Å². The Labute approximate surface area is 183 Å². The summed E-state index contributed by atoms with van der Waals surface area (Å²) in [6.07, 6.45) is 13.5. The Morgan fingerprint density at radius 2 is 1.60 bits per heavy atom. The molecule has 0 unspecified atom stereocenters. The molecule has 0 saturated carbocycles. The lowest BCUT2D eigenvalue weighted by atomic mass is 9.85. The van der Waals surface area contributed by atoms with Crippen LogP contribution in [0.2, 0.25) is 0 Å². The molecule has 30 heavy (non-hydrogen) atoms. The molecule has 1 aliphatic rings. The van der Waals surface area contributed by atoms with Crippen molar-refractivity contribution in [3.63, 3.8) is 0 Å². The Bertz CT molecular complexity index is 853. The van der Waals surface area contributed by atoms with Crippen molar-refractivity contribution in [2.24, 2.45) is 0 Å². The van der Waals surface area contributed by atoms with Gasteiger partial charge in [0.15, 0.2) is 0 Å². The second kappa shape index (κ2) is 12.3. The van der Waals surface area contributed by atoms with Crippen LogP contribution in [0.3, 0.4) is 0 Å². The molecule has 1 nitrogen and oxygen atoms in total. The van der Waals surface area contributed by atoms with E-state index >= 15 is 0 Å². The van der Waals surface area contributed by atoms with Gasteiger partial charge in [-0.05, 0) is 99.5 Å². The molecule has 0 heterocycles. The smallest absolute Gasteiger partial charge is 0.00915 e. The summed E-state index contributed by atoms with van der Waals surface area (Å²) in [6, 6.07) is 19.6. The molecule has 0 bridgehead atoms. The third kappa shape index (κ3) is 7.15. The van der Waals surface area contributed by atoms with Crippen molar-refractivity contribution >= 4 is 5.57 Å². The molecule has 2 N–H and O–H groups in total. The first-order chi connectivity index (χ1) is 14.1. The van der Waals surface area contributed by atoms with E-state index < -0.39 is 0 Å². The molecular weight excluding hydrogens is 364 g/mol. The summed E-state index contributed by atoms with van der Waals surface area (Å²) in [6.45, 7) is 8.85. The van der Waals surface area contributed by atoms with Gasteiger partial charge >= 0.3 is 0 Å². The number of rotatable bonds is 9. The number of benzene rings is 2. The maximum absolute atomic E-state index is 4.34. The third-order valence-electron chi connectivity index (χ3n) is 6.19. The van der Waals surface area contributed by atoms with Crippen molar-refractivity contribution in [3.05, 3.63) is 101 Å². The van der Waals surface area contributed by atoms with Crippen LogP contribution in [-0.2, 0) is 6.42 Å². The summed E-state index contributed by atoms with van der Waals surface area (Å²) in [5.74, 6) is 0. The molecule has 2 aromatic carbocycles. The van der Waals surface area contributed by atoms with Crippen LogP contribution in [0.1, 0.15) is 75.0 Å². The van der Waals surface area contributed by atoms with E-state index in [9.17, 15) is 0 Å².